The standard InChI is InChI=1S/C35H53NO9/c1-7-18(3)29(38)32(41)28-33(42)30(39)19(4)10-8-9-11-24-35(6,44-24)22-13-12-21-15-17(2)14-20(5)25(21)26(22)31(40)27-23(37)16-36(28)45-34(27)43/h7,12-13,17,19-22,24-26,28-30,32-33,38-42H,8-11,14-16H2,1-6H3/b18-7+,31-27?/t17-,19-,20+,21-,22-,24-,25+,26+,28-,29-,30+,32+,33+,35+/m0/s1. The summed E-state index contributed by atoms with van der Waals surface area (Å²) in [7, 11) is 0. The van der Waals surface area contributed by atoms with Gasteiger partial charge in [-0.25, -0.2) is 4.79 Å². The van der Waals surface area contributed by atoms with E-state index in [9.17, 15) is 35.1 Å². The van der Waals surface area contributed by atoms with E-state index in [-0.39, 0.29) is 35.5 Å². The first-order valence-electron chi connectivity index (χ1n) is 16.9. The summed E-state index contributed by atoms with van der Waals surface area (Å²) in [4.78, 5) is 33.2. The number of fused-ring (bicyclic) bond motifs is 10. The lowest BCUT2D eigenvalue weighted by Crippen LogP contribution is -2.62. The van der Waals surface area contributed by atoms with Crippen LogP contribution in [0.1, 0.15) is 80.1 Å². The van der Waals surface area contributed by atoms with Crippen LogP contribution in [-0.2, 0) is 19.2 Å². The van der Waals surface area contributed by atoms with E-state index in [1.165, 1.54) is 0 Å². The molecule has 6 rings (SSSR count). The first-order chi connectivity index (χ1) is 21.2. The van der Waals surface area contributed by atoms with E-state index in [1.807, 2.05) is 0 Å². The van der Waals surface area contributed by atoms with Gasteiger partial charge >= 0.3 is 5.97 Å². The van der Waals surface area contributed by atoms with E-state index in [0.29, 0.717) is 17.9 Å². The predicted molar refractivity (Wildman–Crippen MR) is 166 cm³/mol. The van der Waals surface area contributed by atoms with E-state index in [4.69, 9.17) is 9.57 Å². The second kappa shape index (κ2) is 13.2. The van der Waals surface area contributed by atoms with Crippen molar-refractivity contribution in [1.82, 2.24) is 5.06 Å². The lowest BCUT2D eigenvalue weighted by Gasteiger charge is -2.48. The average molecular weight is 632 g/mol. The Hall–Kier alpha value is -2.08. The molecule has 0 aromatic carbocycles. The number of rotatable bonds is 3. The second-order valence-electron chi connectivity index (χ2n) is 14.9. The molecule has 0 aromatic heterocycles. The smallest absolute Gasteiger partial charge is 0.364 e. The van der Waals surface area contributed by atoms with E-state index in [2.05, 4.69) is 32.9 Å². The Morgan fingerprint density at radius 3 is 2.40 bits per heavy atom. The number of hydroxylamine groups is 2. The van der Waals surface area contributed by atoms with Crippen LogP contribution >= 0.6 is 0 Å². The Labute approximate surface area is 266 Å². The van der Waals surface area contributed by atoms with Gasteiger partial charge in [-0.05, 0) is 81.6 Å². The molecule has 3 fully saturated rings. The second-order valence-corrected chi connectivity index (χ2v) is 14.9. The molecule has 2 bridgehead atoms. The van der Waals surface area contributed by atoms with E-state index in [0.717, 1.165) is 37.2 Å². The third-order valence-corrected chi connectivity index (χ3v) is 11.7. The van der Waals surface area contributed by atoms with Gasteiger partial charge in [0.2, 0.25) is 0 Å². The van der Waals surface area contributed by atoms with Crippen LogP contribution in [0.4, 0.5) is 0 Å². The molecule has 2 saturated heterocycles. The number of Topliss-reactive ketones (excluding diaryl/α,β-unsaturated/α-hetero) is 1. The van der Waals surface area contributed by atoms with Crippen molar-refractivity contribution in [2.45, 2.75) is 122 Å². The number of ether oxygens (including phenoxy) is 1. The molecule has 0 spiro atoms. The number of hydrogen-bond acceptors (Lipinski definition) is 10. The predicted octanol–water partition coefficient (Wildman–Crippen LogP) is 3.39. The SMILES string of the molecule is C/C=C(\C)[C@H](O)[C@H](O)[C@H]1[C@@H](O)[C@H](O)[C@@H](C)CCCC[C@@H]2O[C@]2(C)[C@H]2C=C[C@H]3C[C@@H](C)C[C@@H](C)[C@H]3[C@@H]2C(O)=C2C(=O)CN1OC2=O. The first-order valence-corrected chi connectivity index (χ1v) is 16.9. The topological polar surface area (TPSA) is 160 Å². The van der Waals surface area contributed by atoms with Crippen LogP contribution in [0.2, 0.25) is 0 Å². The molecular formula is C35H53NO9. The molecule has 252 valence electrons. The summed E-state index contributed by atoms with van der Waals surface area (Å²) in [6, 6.07) is -1.52. The zero-order chi connectivity index (χ0) is 33.0. The Morgan fingerprint density at radius 1 is 1.04 bits per heavy atom. The van der Waals surface area contributed by atoms with Crippen LogP contribution in [0, 0.1) is 41.4 Å². The van der Waals surface area contributed by atoms with E-state index in [1.54, 1.807) is 26.8 Å². The van der Waals surface area contributed by atoms with Crippen molar-refractivity contribution in [2.24, 2.45) is 41.4 Å². The van der Waals surface area contributed by atoms with Gasteiger partial charge in [-0.2, -0.15) is 0 Å². The maximum Gasteiger partial charge on any atom is 0.364 e. The number of carbonyl (C=O) groups is 2. The molecule has 10 nitrogen and oxygen atoms in total. The molecule has 1 unspecified atom stereocenters. The zero-order valence-corrected chi connectivity index (χ0v) is 27.5. The quantitative estimate of drug-likeness (QED) is 0.178. The number of nitrogens with zero attached hydrogens (tertiary/aromatic N) is 1. The van der Waals surface area contributed by atoms with Crippen molar-refractivity contribution < 1.29 is 44.7 Å². The lowest BCUT2D eigenvalue weighted by atomic mass is 9.56. The third-order valence-electron chi connectivity index (χ3n) is 11.7. The molecule has 4 aliphatic heterocycles. The number of ketones is 1. The fourth-order valence-corrected chi connectivity index (χ4v) is 8.97. The molecule has 45 heavy (non-hydrogen) atoms. The highest BCUT2D eigenvalue weighted by molar-refractivity contribution is 6.19. The molecular weight excluding hydrogens is 578 g/mol. The molecule has 10 heteroatoms. The molecule has 15 atom stereocenters. The maximum absolute atomic E-state index is 13.9. The van der Waals surface area contributed by atoms with Crippen molar-refractivity contribution in [3.05, 3.63) is 35.1 Å². The first kappa shape index (κ1) is 34.3. The fraction of sp³-hybridized carbons (Fsp3) is 0.771. The minimum atomic E-state index is -1.71. The normalized spacial score (nSPS) is 46.0. The maximum atomic E-state index is 13.9. The molecule has 0 amide bonds. The molecule has 6 aliphatic rings. The number of allylic oxidation sites excluding steroid dienone is 3. The summed E-state index contributed by atoms with van der Waals surface area (Å²) in [5.41, 5.74) is -0.583. The van der Waals surface area contributed by atoms with Crippen LogP contribution in [0.3, 0.4) is 0 Å². The highest BCUT2D eigenvalue weighted by Gasteiger charge is 2.62. The molecule has 1 saturated carbocycles. The minimum Gasteiger partial charge on any atom is -0.511 e. The van der Waals surface area contributed by atoms with Gasteiger partial charge in [-0.15, -0.1) is 5.06 Å². The Balaban J connectivity index is 1.58. The van der Waals surface area contributed by atoms with Crippen molar-refractivity contribution in [1.29, 1.82) is 0 Å². The molecule has 2 aliphatic carbocycles. The Morgan fingerprint density at radius 2 is 1.73 bits per heavy atom. The molecule has 4 heterocycles. The summed E-state index contributed by atoms with van der Waals surface area (Å²) in [6.07, 6.45) is 4.64. The summed E-state index contributed by atoms with van der Waals surface area (Å²) < 4.78 is 6.35. The summed E-state index contributed by atoms with van der Waals surface area (Å²) >= 11 is 0. The summed E-state index contributed by atoms with van der Waals surface area (Å²) in [5, 5.41) is 57.7. The zero-order valence-electron chi connectivity index (χ0n) is 27.5. The summed E-state index contributed by atoms with van der Waals surface area (Å²) in [5.74, 6) is -2.34. The van der Waals surface area contributed by atoms with Crippen molar-refractivity contribution in [3.63, 3.8) is 0 Å². The van der Waals surface area contributed by atoms with Gasteiger partial charge < -0.3 is 35.1 Å². The number of aliphatic hydroxyl groups is 5. The van der Waals surface area contributed by atoms with Crippen molar-refractivity contribution >= 4 is 11.8 Å². The lowest BCUT2D eigenvalue weighted by molar-refractivity contribution is -0.238. The molecule has 0 aromatic rings. The van der Waals surface area contributed by atoms with Gasteiger partial charge in [0.25, 0.3) is 0 Å². The fourth-order valence-electron chi connectivity index (χ4n) is 8.97. The number of epoxide rings is 1. The van der Waals surface area contributed by atoms with Gasteiger partial charge in [-0.3, -0.25) is 4.79 Å². The Bertz CT molecular complexity index is 1210. The highest BCUT2D eigenvalue weighted by Crippen LogP contribution is 2.58. The Kier molecular flexibility index (Phi) is 10.1. The minimum absolute atomic E-state index is 0.00238. The van der Waals surface area contributed by atoms with Gasteiger partial charge in [0, 0.05) is 11.8 Å². The van der Waals surface area contributed by atoms with Crippen LogP contribution in [0.15, 0.2) is 35.1 Å². The summed E-state index contributed by atoms with van der Waals surface area (Å²) in [6.45, 7) is 11.0. The van der Waals surface area contributed by atoms with Crippen LogP contribution < -0.4 is 0 Å². The largest absolute Gasteiger partial charge is 0.511 e. The van der Waals surface area contributed by atoms with Crippen molar-refractivity contribution in [2.75, 3.05) is 6.54 Å². The average Bonchev–Trinajstić information content (AvgIpc) is 3.66. The van der Waals surface area contributed by atoms with Crippen LogP contribution in [0.25, 0.3) is 0 Å². The molecule has 0 radical (unpaired) electrons. The van der Waals surface area contributed by atoms with Crippen LogP contribution in [-0.4, -0.2) is 91.1 Å². The van der Waals surface area contributed by atoms with Gasteiger partial charge in [0.05, 0.1) is 24.4 Å². The van der Waals surface area contributed by atoms with E-state index < -0.39 is 71.8 Å². The van der Waals surface area contributed by atoms with Gasteiger partial charge in [-0.1, -0.05) is 51.8 Å². The number of carbonyl (C=O) groups excluding carboxylic acids is 2. The third kappa shape index (κ3) is 6.31. The number of aliphatic hydroxyl groups excluding tert-OH is 5. The number of hydrogen-bond donors (Lipinski definition) is 5. The highest BCUT2D eigenvalue weighted by atomic mass is 16.7. The van der Waals surface area contributed by atoms with Gasteiger partial charge in [0.1, 0.15) is 35.7 Å². The monoisotopic (exact) mass is 631 g/mol. The van der Waals surface area contributed by atoms with Gasteiger partial charge in [0.15, 0.2) is 5.78 Å². The van der Waals surface area contributed by atoms with Crippen molar-refractivity contribution in [3.8, 4) is 0 Å². The van der Waals surface area contributed by atoms with E-state index >= 15 is 0 Å². The molecule has 5 N–H and O–H groups in total. The van der Waals surface area contributed by atoms with Crippen LogP contribution in [0.5, 0.6) is 0 Å².